The predicted molar refractivity (Wildman–Crippen MR) is 212 cm³/mol. The van der Waals surface area contributed by atoms with Gasteiger partial charge < -0.3 is 25.7 Å². The van der Waals surface area contributed by atoms with E-state index in [2.05, 4.69) is 39.9 Å². The molecule has 2 aromatic rings. The van der Waals surface area contributed by atoms with Crippen LogP contribution < -0.4 is 5.32 Å². The maximum absolute atomic E-state index is 13.8. The van der Waals surface area contributed by atoms with Crippen molar-refractivity contribution < 1.29 is 34.8 Å². The number of carbonyl (C=O) groups excluding carboxylic acids is 1. The molecule has 2 aromatic carbocycles. The Morgan fingerprint density at radius 1 is 0.796 bits per heavy atom. The molecule has 0 aromatic heterocycles. The first-order valence-electron chi connectivity index (χ1n) is 20.0. The molecule has 54 heavy (non-hydrogen) atoms. The molecular formula is C44H57Cl2NO7. The molecule has 10 heteroatoms. The molecule has 294 valence electrons. The van der Waals surface area contributed by atoms with Gasteiger partial charge >= 0.3 is 11.9 Å². The van der Waals surface area contributed by atoms with Gasteiger partial charge in [-0.15, -0.1) is 0 Å². The molecule has 0 saturated heterocycles. The van der Waals surface area contributed by atoms with Gasteiger partial charge in [-0.2, -0.15) is 0 Å². The van der Waals surface area contributed by atoms with E-state index in [4.69, 9.17) is 23.2 Å². The topological polar surface area (TPSA) is 144 Å². The standard InChI is InChI=1S/C44H57Cl2NO7/c1-23(2)7-6-8-24(3)33-11-12-34-29-10-9-27-21-28(13-15-43(27,4)35(29)14-16-44(33,34)5)47-38(48)22-30(25-17-31(41(51)52)39(49)36(45)19-25)26-18-32(42(53)54)40(50)37(46)20-26/h17-20,22-24,27-29,33-35,49-50H,6-16,21H2,1-5H3,(H,47,48)(H,51,52)(H,53,54)/t24-,27+,28-,29+,33-,34+,35+,43+,44-/m1/s1. The predicted octanol–water partition coefficient (Wildman–Crippen LogP) is 10.8. The lowest BCUT2D eigenvalue weighted by atomic mass is 9.44. The maximum Gasteiger partial charge on any atom is 0.339 e. The van der Waals surface area contributed by atoms with E-state index >= 15 is 0 Å². The molecule has 5 N–H and O–H groups in total. The van der Waals surface area contributed by atoms with E-state index < -0.39 is 40.5 Å². The summed E-state index contributed by atoms with van der Waals surface area (Å²) in [5.41, 5.74) is 0.152. The minimum atomic E-state index is -1.43. The molecule has 4 fully saturated rings. The fraction of sp³-hybridized carbons (Fsp3) is 0.614. The zero-order valence-electron chi connectivity index (χ0n) is 32.3. The number of benzene rings is 2. The Morgan fingerprint density at radius 3 is 1.94 bits per heavy atom. The largest absolute Gasteiger partial charge is 0.505 e. The summed E-state index contributed by atoms with van der Waals surface area (Å²) in [7, 11) is 0. The van der Waals surface area contributed by atoms with Crippen LogP contribution in [0, 0.1) is 52.3 Å². The second-order valence-corrected chi connectivity index (χ2v) is 18.9. The quantitative estimate of drug-likeness (QED) is 0.143. The molecule has 9 atom stereocenters. The lowest BCUT2D eigenvalue weighted by Crippen LogP contribution is -2.55. The van der Waals surface area contributed by atoms with Gasteiger partial charge in [0.1, 0.15) is 22.6 Å². The molecule has 0 heterocycles. The van der Waals surface area contributed by atoms with Crippen LogP contribution in [0.15, 0.2) is 30.3 Å². The second kappa shape index (κ2) is 15.7. The Balaban J connectivity index is 1.20. The highest BCUT2D eigenvalue weighted by Crippen LogP contribution is 2.68. The zero-order chi connectivity index (χ0) is 39.3. The first kappa shape index (κ1) is 40.4. The van der Waals surface area contributed by atoms with E-state index in [0.29, 0.717) is 17.3 Å². The smallest absolute Gasteiger partial charge is 0.339 e. The summed E-state index contributed by atoms with van der Waals surface area (Å²) in [6.07, 6.45) is 15.9. The van der Waals surface area contributed by atoms with Gasteiger partial charge in [0.05, 0.1) is 10.0 Å². The highest BCUT2D eigenvalue weighted by molar-refractivity contribution is 6.33. The molecule has 8 nitrogen and oxygen atoms in total. The number of rotatable bonds is 11. The molecule has 0 aliphatic heterocycles. The molecule has 0 spiro atoms. The van der Waals surface area contributed by atoms with Gasteiger partial charge in [-0.05, 0) is 151 Å². The Morgan fingerprint density at radius 2 is 1.37 bits per heavy atom. The van der Waals surface area contributed by atoms with Crippen LogP contribution in [0.1, 0.15) is 144 Å². The van der Waals surface area contributed by atoms with Crippen molar-refractivity contribution >= 4 is 46.6 Å². The van der Waals surface area contributed by atoms with Crippen LogP contribution in [-0.4, -0.2) is 44.3 Å². The van der Waals surface area contributed by atoms with Crippen molar-refractivity contribution in [3.05, 3.63) is 62.6 Å². The first-order chi connectivity index (χ1) is 25.4. The van der Waals surface area contributed by atoms with E-state index in [9.17, 15) is 34.8 Å². The molecular weight excluding hydrogens is 725 g/mol. The van der Waals surface area contributed by atoms with Crippen LogP contribution in [0.2, 0.25) is 10.0 Å². The number of phenols is 2. The van der Waals surface area contributed by atoms with Crippen LogP contribution in [0.5, 0.6) is 11.5 Å². The summed E-state index contributed by atoms with van der Waals surface area (Å²) in [6, 6.07) is 4.90. The zero-order valence-corrected chi connectivity index (χ0v) is 33.8. The highest BCUT2D eigenvalue weighted by Gasteiger charge is 2.60. The van der Waals surface area contributed by atoms with Crippen LogP contribution in [0.25, 0.3) is 5.57 Å². The first-order valence-corrected chi connectivity index (χ1v) is 20.7. The van der Waals surface area contributed by atoms with E-state index in [-0.39, 0.29) is 38.2 Å². The number of hydrogen-bond donors (Lipinski definition) is 5. The van der Waals surface area contributed by atoms with Gasteiger partial charge in [0.25, 0.3) is 0 Å². The Kier molecular flexibility index (Phi) is 11.8. The average Bonchev–Trinajstić information content (AvgIpc) is 3.46. The van der Waals surface area contributed by atoms with Gasteiger partial charge in [0.15, 0.2) is 0 Å². The fourth-order valence-corrected chi connectivity index (χ4v) is 12.4. The minimum absolute atomic E-state index is 0.0583. The number of carboxylic acid groups (broad SMARTS) is 2. The fourth-order valence-electron chi connectivity index (χ4n) is 12.0. The third kappa shape index (κ3) is 7.63. The molecule has 0 bridgehead atoms. The van der Waals surface area contributed by atoms with Crippen molar-refractivity contribution in [2.45, 2.75) is 118 Å². The molecule has 4 aliphatic rings. The molecule has 0 unspecified atom stereocenters. The van der Waals surface area contributed by atoms with Crippen molar-refractivity contribution in [3.8, 4) is 11.5 Å². The lowest BCUT2D eigenvalue weighted by Gasteiger charge is -2.61. The average molecular weight is 783 g/mol. The van der Waals surface area contributed by atoms with Crippen molar-refractivity contribution in [3.63, 3.8) is 0 Å². The maximum atomic E-state index is 13.8. The van der Waals surface area contributed by atoms with Crippen molar-refractivity contribution in [1.29, 1.82) is 0 Å². The summed E-state index contributed by atoms with van der Waals surface area (Å²) in [5.74, 6) is 0.606. The highest BCUT2D eigenvalue weighted by atomic mass is 35.5. The lowest BCUT2D eigenvalue weighted by molar-refractivity contribution is -0.125. The van der Waals surface area contributed by atoms with E-state index in [1.54, 1.807) is 0 Å². The van der Waals surface area contributed by atoms with Gasteiger partial charge in [-0.25, -0.2) is 9.59 Å². The number of carbonyl (C=O) groups is 3. The Labute approximate surface area is 329 Å². The van der Waals surface area contributed by atoms with E-state index in [1.165, 1.54) is 88.1 Å². The SMILES string of the molecule is CC(C)CCC[C@@H](C)[C@H]1CC[C@H]2[C@@H]3CC[C@H]4C[C@H](NC(=O)C=C(c5cc(Cl)c(O)c(C(=O)O)c5)c5cc(Cl)c(O)c(C(=O)O)c5)CC[C@]4(C)[C@H]3CC[C@]12C. The molecule has 1 amide bonds. The number of amides is 1. The molecule has 0 radical (unpaired) electrons. The van der Waals surface area contributed by atoms with Gasteiger partial charge in [-0.3, -0.25) is 4.79 Å². The number of aromatic hydroxyl groups is 2. The van der Waals surface area contributed by atoms with Gasteiger partial charge in [-0.1, -0.05) is 77.1 Å². The van der Waals surface area contributed by atoms with E-state index in [1.807, 2.05) is 0 Å². The molecule has 4 saturated carbocycles. The van der Waals surface area contributed by atoms with Crippen LogP contribution in [0.4, 0.5) is 0 Å². The van der Waals surface area contributed by atoms with Crippen molar-refractivity contribution in [1.82, 2.24) is 5.32 Å². The third-order valence-corrected chi connectivity index (χ3v) is 15.3. The second-order valence-electron chi connectivity index (χ2n) is 18.0. The third-order valence-electron chi connectivity index (χ3n) is 14.7. The van der Waals surface area contributed by atoms with Crippen molar-refractivity contribution in [2.24, 2.45) is 52.3 Å². The molecule has 6 rings (SSSR count). The molecule has 4 aliphatic carbocycles. The Bertz CT molecular complexity index is 1750. The van der Waals surface area contributed by atoms with Crippen molar-refractivity contribution in [2.75, 3.05) is 0 Å². The van der Waals surface area contributed by atoms with Gasteiger partial charge in [0, 0.05) is 12.1 Å². The summed E-state index contributed by atoms with van der Waals surface area (Å²) < 4.78 is 0. The van der Waals surface area contributed by atoms with Crippen LogP contribution >= 0.6 is 23.2 Å². The van der Waals surface area contributed by atoms with Crippen LogP contribution in [0.3, 0.4) is 0 Å². The number of fused-ring (bicyclic) bond motifs is 5. The monoisotopic (exact) mass is 781 g/mol. The number of carboxylic acids is 2. The number of halogens is 2. The number of aromatic carboxylic acids is 2. The normalized spacial score (nSPS) is 30.8. The van der Waals surface area contributed by atoms with E-state index in [0.717, 1.165) is 48.9 Å². The summed E-state index contributed by atoms with van der Waals surface area (Å²) in [5, 5.41) is 42.8. The number of hydrogen-bond acceptors (Lipinski definition) is 5. The summed E-state index contributed by atoms with van der Waals surface area (Å²) in [6.45, 7) is 12.3. The minimum Gasteiger partial charge on any atom is -0.505 e. The summed E-state index contributed by atoms with van der Waals surface area (Å²) >= 11 is 12.5. The van der Waals surface area contributed by atoms with Gasteiger partial charge in [0.2, 0.25) is 5.91 Å². The Hall–Kier alpha value is -3.23. The number of nitrogens with one attached hydrogen (secondary N) is 1. The van der Waals surface area contributed by atoms with Crippen LogP contribution in [-0.2, 0) is 4.79 Å². The summed E-state index contributed by atoms with van der Waals surface area (Å²) in [4.78, 5) is 37.8.